The van der Waals surface area contributed by atoms with Crippen molar-refractivity contribution in [3.8, 4) is 5.75 Å². The number of anilines is 1. The number of carbonyl (C=O) groups is 3. The Morgan fingerprint density at radius 3 is 2.34 bits per heavy atom. The van der Waals surface area contributed by atoms with Crippen LogP contribution in [0, 0.1) is 34.5 Å². The maximum atomic E-state index is 14.1. The molecule has 1 amide bonds. The highest BCUT2D eigenvalue weighted by atomic mass is 16.4. The number of aliphatic hydroxyl groups excluding tert-OH is 3. The lowest BCUT2D eigenvalue weighted by Crippen LogP contribution is -2.83. The quantitative estimate of drug-likeness (QED) is 0.163. The SMILES string of the molecule is C=CCNc1ccc2c(c1O)C(=O)[C@@H]1C(O)[C@@]3(O)C(=O)[C@H](C(N)=O)C(O)[C@H](C(C)C)[C@@]3(C)[C@H](O)[C@@]1(C)[C@@H]2C. The number of benzene rings is 1. The largest absolute Gasteiger partial charge is 0.505 e. The van der Waals surface area contributed by atoms with Gasteiger partial charge in [0.2, 0.25) is 5.91 Å². The van der Waals surface area contributed by atoms with Crippen LogP contribution in [0.5, 0.6) is 5.75 Å². The molecule has 208 valence electrons. The molecular weight excluding hydrogens is 492 g/mol. The van der Waals surface area contributed by atoms with Crippen LogP contribution in [-0.2, 0) is 9.59 Å². The van der Waals surface area contributed by atoms with Gasteiger partial charge < -0.3 is 36.6 Å². The smallest absolute Gasteiger partial charge is 0.230 e. The van der Waals surface area contributed by atoms with E-state index in [9.17, 15) is 39.9 Å². The summed E-state index contributed by atoms with van der Waals surface area (Å²) in [4.78, 5) is 40.2. The first kappa shape index (κ1) is 28.2. The Bertz CT molecular complexity index is 1220. The average Bonchev–Trinajstić information content (AvgIpc) is 2.83. The van der Waals surface area contributed by atoms with Crippen LogP contribution in [0.15, 0.2) is 24.8 Å². The van der Waals surface area contributed by atoms with Crippen LogP contribution < -0.4 is 11.1 Å². The molecule has 1 aromatic rings. The van der Waals surface area contributed by atoms with E-state index in [-0.39, 0.29) is 17.0 Å². The van der Waals surface area contributed by atoms with Crippen LogP contribution in [-0.4, -0.2) is 73.5 Å². The molecule has 10 nitrogen and oxygen atoms in total. The number of nitrogens with two attached hydrogens (primary N) is 1. The summed E-state index contributed by atoms with van der Waals surface area (Å²) in [5.74, 6) is -9.05. The van der Waals surface area contributed by atoms with Gasteiger partial charge in [0, 0.05) is 17.4 Å². The molecule has 0 bridgehead atoms. The monoisotopic (exact) mass is 530 g/mol. The molecule has 3 aliphatic rings. The lowest BCUT2D eigenvalue weighted by Gasteiger charge is -2.69. The van der Waals surface area contributed by atoms with Crippen molar-refractivity contribution >= 4 is 23.2 Å². The Morgan fingerprint density at radius 1 is 1.21 bits per heavy atom. The highest BCUT2D eigenvalue weighted by Crippen LogP contribution is 2.68. The van der Waals surface area contributed by atoms with Gasteiger partial charge in [0.1, 0.15) is 17.8 Å². The normalized spacial score (nSPS) is 42.2. The van der Waals surface area contributed by atoms with Gasteiger partial charge in [0.25, 0.3) is 0 Å². The van der Waals surface area contributed by atoms with Crippen molar-refractivity contribution in [2.45, 2.75) is 64.4 Å². The van der Waals surface area contributed by atoms with E-state index in [0.717, 1.165) is 0 Å². The molecule has 0 aliphatic heterocycles. The average molecular weight is 531 g/mol. The predicted octanol–water partition coefficient (Wildman–Crippen LogP) is 0.703. The third-order valence-electron chi connectivity index (χ3n) is 10.1. The van der Waals surface area contributed by atoms with Gasteiger partial charge in [-0.25, -0.2) is 0 Å². The van der Waals surface area contributed by atoms with Crippen molar-refractivity contribution in [3.05, 3.63) is 35.9 Å². The number of hydrogen-bond acceptors (Lipinski definition) is 9. The lowest BCUT2D eigenvalue weighted by molar-refractivity contribution is -0.306. The van der Waals surface area contributed by atoms with Gasteiger partial charge in [0.15, 0.2) is 17.2 Å². The fourth-order valence-corrected chi connectivity index (χ4v) is 8.08. The molecule has 0 saturated heterocycles. The zero-order valence-corrected chi connectivity index (χ0v) is 22.3. The van der Waals surface area contributed by atoms with Crippen LogP contribution in [0.3, 0.4) is 0 Å². The van der Waals surface area contributed by atoms with Crippen molar-refractivity contribution in [3.63, 3.8) is 0 Å². The molecular formula is C28H38N2O8. The summed E-state index contributed by atoms with van der Waals surface area (Å²) in [6, 6.07) is 3.27. The van der Waals surface area contributed by atoms with E-state index in [0.29, 0.717) is 12.1 Å². The van der Waals surface area contributed by atoms with Crippen molar-refractivity contribution in [2.75, 3.05) is 11.9 Å². The Labute approximate surface area is 221 Å². The second-order valence-electron chi connectivity index (χ2n) is 11.9. The summed E-state index contributed by atoms with van der Waals surface area (Å²) < 4.78 is 0. The molecule has 10 atom stereocenters. The van der Waals surface area contributed by atoms with Gasteiger partial charge in [0.05, 0.1) is 29.4 Å². The molecule has 2 fully saturated rings. The molecule has 2 unspecified atom stereocenters. The minimum Gasteiger partial charge on any atom is -0.505 e. The van der Waals surface area contributed by atoms with E-state index in [1.807, 2.05) is 0 Å². The molecule has 0 heterocycles. The fourth-order valence-electron chi connectivity index (χ4n) is 8.08. The Hall–Kier alpha value is -2.79. The van der Waals surface area contributed by atoms with E-state index in [4.69, 9.17) is 5.73 Å². The first-order valence-electron chi connectivity index (χ1n) is 12.9. The number of hydrogen-bond donors (Lipinski definition) is 7. The number of nitrogens with one attached hydrogen (secondary N) is 1. The number of Topliss-reactive ketones (excluding diaryl/α,β-unsaturated/α-hetero) is 2. The predicted molar refractivity (Wildman–Crippen MR) is 138 cm³/mol. The van der Waals surface area contributed by atoms with E-state index in [1.165, 1.54) is 6.92 Å². The first-order chi connectivity index (χ1) is 17.6. The Balaban J connectivity index is 2.01. The Kier molecular flexibility index (Phi) is 6.59. The molecule has 8 N–H and O–H groups in total. The lowest BCUT2D eigenvalue weighted by atomic mass is 9.36. The molecule has 10 heteroatoms. The summed E-state index contributed by atoms with van der Waals surface area (Å²) in [6.07, 6.45) is -3.73. The highest BCUT2D eigenvalue weighted by molar-refractivity contribution is 6.10. The summed E-state index contributed by atoms with van der Waals surface area (Å²) in [5, 5.41) is 61.3. The number of phenols is 1. The first-order valence-corrected chi connectivity index (χ1v) is 12.9. The van der Waals surface area contributed by atoms with Crippen molar-refractivity contribution in [2.24, 2.45) is 40.2 Å². The topological polar surface area (TPSA) is 190 Å². The minimum atomic E-state index is -2.80. The molecule has 4 rings (SSSR count). The van der Waals surface area contributed by atoms with Crippen LogP contribution in [0.4, 0.5) is 5.69 Å². The number of aliphatic hydroxyl groups is 4. The van der Waals surface area contributed by atoms with Gasteiger partial charge >= 0.3 is 0 Å². The van der Waals surface area contributed by atoms with E-state index >= 15 is 0 Å². The van der Waals surface area contributed by atoms with E-state index < -0.39 is 81.8 Å². The van der Waals surface area contributed by atoms with E-state index in [2.05, 4.69) is 11.9 Å². The van der Waals surface area contributed by atoms with E-state index in [1.54, 1.807) is 45.9 Å². The zero-order chi connectivity index (χ0) is 28.7. The molecule has 2 saturated carbocycles. The number of amides is 1. The number of fused-ring (bicyclic) bond motifs is 3. The maximum Gasteiger partial charge on any atom is 0.230 e. The second kappa shape index (κ2) is 8.87. The molecule has 38 heavy (non-hydrogen) atoms. The fraction of sp³-hybridized carbons (Fsp3) is 0.607. The summed E-state index contributed by atoms with van der Waals surface area (Å²) in [5.41, 5.74) is -0.0103. The van der Waals surface area contributed by atoms with Crippen molar-refractivity contribution in [1.29, 1.82) is 0 Å². The minimum absolute atomic E-state index is 0.0809. The maximum absolute atomic E-state index is 14.1. The molecule has 0 radical (unpaired) electrons. The number of primary amides is 1. The highest BCUT2D eigenvalue weighted by Gasteiger charge is 2.80. The summed E-state index contributed by atoms with van der Waals surface area (Å²) in [7, 11) is 0. The van der Waals surface area contributed by atoms with Gasteiger partial charge in [-0.3, -0.25) is 14.4 Å². The second-order valence-corrected chi connectivity index (χ2v) is 11.9. The van der Waals surface area contributed by atoms with Crippen molar-refractivity contribution < 1.29 is 39.9 Å². The van der Waals surface area contributed by atoms with Crippen LogP contribution in [0.1, 0.15) is 56.5 Å². The van der Waals surface area contributed by atoms with Gasteiger partial charge in [-0.05, 0) is 29.4 Å². The number of phenolic OH excluding ortho intramolecular Hbond substituents is 1. The van der Waals surface area contributed by atoms with Crippen molar-refractivity contribution in [1.82, 2.24) is 0 Å². The third-order valence-corrected chi connectivity index (χ3v) is 10.1. The van der Waals surface area contributed by atoms with Gasteiger partial charge in [-0.2, -0.15) is 0 Å². The third kappa shape index (κ3) is 3.11. The van der Waals surface area contributed by atoms with Crippen LogP contribution in [0.2, 0.25) is 0 Å². The molecule has 0 spiro atoms. The zero-order valence-electron chi connectivity index (χ0n) is 22.3. The standard InChI is InChI=1S/C28H38N2O8/c1-7-10-30-14-9-8-13-12(4)26(5)18(20(32)15(13)19(14)31)23(35)28(38)22(34)16(24(29)36)21(33)17(11(2)3)27(28,6)25(26)37/h7-9,11-12,16-18,21,23,25,30-31,33,35,37-38H,1,10H2,2-6H3,(H2,29,36)/t12-,16-,17+,18-,21?,23?,25-,26+,27+,28+/m1/s1. The number of carbonyl (C=O) groups excluding carboxylic acids is 3. The summed E-state index contributed by atoms with van der Waals surface area (Å²) in [6.45, 7) is 12.1. The number of aromatic hydroxyl groups is 1. The van der Waals surface area contributed by atoms with Gasteiger partial charge in [-0.1, -0.05) is 46.8 Å². The van der Waals surface area contributed by atoms with Crippen LogP contribution >= 0.6 is 0 Å². The van der Waals surface area contributed by atoms with Crippen LogP contribution in [0.25, 0.3) is 0 Å². The molecule has 0 aromatic heterocycles. The number of ketones is 2. The molecule has 3 aliphatic carbocycles. The number of rotatable bonds is 5. The summed E-state index contributed by atoms with van der Waals surface area (Å²) >= 11 is 0. The van der Waals surface area contributed by atoms with Gasteiger partial charge in [-0.15, -0.1) is 6.58 Å². The molecule has 1 aromatic carbocycles. The Morgan fingerprint density at radius 2 is 1.82 bits per heavy atom.